The lowest BCUT2D eigenvalue weighted by Crippen LogP contribution is -2.54. The van der Waals surface area contributed by atoms with Crippen LogP contribution in [0.2, 0.25) is 0 Å². The van der Waals surface area contributed by atoms with Crippen LogP contribution in [-0.2, 0) is 0 Å². The second-order valence-corrected chi connectivity index (χ2v) is 5.32. The Morgan fingerprint density at radius 3 is 2.20 bits per heavy atom. The number of fused-ring (bicyclic) bond motifs is 3. The van der Waals surface area contributed by atoms with E-state index >= 15 is 0 Å². The molecule has 0 aromatic heterocycles. The topological polar surface area (TPSA) is 3.24 Å². The van der Waals surface area contributed by atoms with Gasteiger partial charge in [-0.1, -0.05) is 34.1 Å². The lowest BCUT2D eigenvalue weighted by molar-refractivity contribution is -0.0402. The summed E-state index contributed by atoms with van der Waals surface area (Å²) in [4.78, 5) is 2.61. The maximum atomic E-state index is 2.61. The monoisotopic (exact) mass is 211 g/mol. The van der Waals surface area contributed by atoms with Gasteiger partial charge in [-0.3, -0.25) is 0 Å². The maximum absolute atomic E-state index is 2.61. The highest BCUT2D eigenvalue weighted by Crippen LogP contribution is 2.49. The van der Waals surface area contributed by atoms with E-state index in [4.69, 9.17) is 0 Å². The molecule has 15 heavy (non-hydrogen) atoms. The molecule has 0 N–H and O–H groups in total. The molecule has 1 aliphatic carbocycles. The number of rotatable bonds is 2. The van der Waals surface area contributed by atoms with Gasteiger partial charge in [-0.25, -0.2) is 0 Å². The van der Waals surface area contributed by atoms with E-state index in [9.17, 15) is 0 Å². The van der Waals surface area contributed by atoms with Crippen LogP contribution in [0.15, 0.2) is 0 Å². The van der Waals surface area contributed by atoms with Gasteiger partial charge in [0.25, 0.3) is 0 Å². The standard InChI is InChI=1S/C12H23N.C2H6/c1-4-10(2)12-7-5-11(6-8-12)13(3)9-12;1-2/h10-11H,4-9H2,1-3H3;1-2H3. The summed E-state index contributed by atoms with van der Waals surface area (Å²) < 4.78 is 0. The minimum absolute atomic E-state index is 0.693. The molecule has 0 aromatic rings. The first-order chi connectivity index (χ1) is 7.18. The van der Waals surface area contributed by atoms with E-state index in [1.54, 1.807) is 0 Å². The van der Waals surface area contributed by atoms with Crippen LogP contribution in [-0.4, -0.2) is 24.5 Å². The quantitative estimate of drug-likeness (QED) is 0.669. The Kier molecular flexibility index (Phi) is 4.64. The highest BCUT2D eigenvalue weighted by Gasteiger charge is 2.45. The summed E-state index contributed by atoms with van der Waals surface area (Å²) >= 11 is 0. The molecule has 0 radical (unpaired) electrons. The van der Waals surface area contributed by atoms with Gasteiger partial charge in [0, 0.05) is 12.6 Å². The average Bonchev–Trinajstić information content (AvgIpc) is 2.32. The first-order valence-corrected chi connectivity index (χ1v) is 6.88. The Balaban J connectivity index is 0.000000531. The van der Waals surface area contributed by atoms with Crippen molar-refractivity contribution in [2.24, 2.45) is 11.3 Å². The maximum Gasteiger partial charge on any atom is 0.00928 e. The van der Waals surface area contributed by atoms with E-state index < -0.39 is 0 Å². The molecular formula is C14H29N. The van der Waals surface area contributed by atoms with Crippen molar-refractivity contribution >= 4 is 0 Å². The van der Waals surface area contributed by atoms with Crippen LogP contribution in [0.3, 0.4) is 0 Å². The molecule has 3 fully saturated rings. The average molecular weight is 211 g/mol. The molecule has 2 heterocycles. The normalized spacial score (nSPS) is 37.0. The SMILES string of the molecule is CC.CCC(C)C12CCC(CC1)N(C)C2. The molecule has 3 aliphatic rings. The van der Waals surface area contributed by atoms with Crippen LogP contribution in [0.5, 0.6) is 0 Å². The molecule has 2 aliphatic heterocycles. The van der Waals surface area contributed by atoms with Gasteiger partial charge < -0.3 is 4.90 Å². The van der Waals surface area contributed by atoms with Crippen molar-refractivity contribution in [2.75, 3.05) is 13.6 Å². The molecule has 1 nitrogen and oxygen atoms in total. The molecule has 2 bridgehead atoms. The highest BCUT2D eigenvalue weighted by atomic mass is 15.2. The van der Waals surface area contributed by atoms with E-state index in [1.165, 1.54) is 38.6 Å². The third-order valence-electron chi connectivity index (χ3n) is 4.80. The van der Waals surface area contributed by atoms with Gasteiger partial charge in [0.15, 0.2) is 0 Å². The van der Waals surface area contributed by atoms with Gasteiger partial charge in [-0.15, -0.1) is 0 Å². The molecule has 0 spiro atoms. The van der Waals surface area contributed by atoms with E-state index in [1.807, 2.05) is 13.8 Å². The second-order valence-electron chi connectivity index (χ2n) is 5.32. The van der Waals surface area contributed by atoms with Crippen LogP contribution in [0.25, 0.3) is 0 Å². The van der Waals surface area contributed by atoms with Crippen LogP contribution < -0.4 is 0 Å². The summed E-state index contributed by atoms with van der Waals surface area (Å²) in [5, 5.41) is 0. The summed E-state index contributed by atoms with van der Waals surface area (Å²) in [5.41, 5.74) is 0.693. The van der Waals surface area contributed by atoms with Crippen LogP contribution in [0.1, 0.15) is 59.8 Å². The molecule has 1 saturated carbocycles. The fraction of sp³-hybridized carbons (Fsp3) is 1.00. The zero-order valence-electron chi connectivity index (χ0n) is 11.3. The molecule has 1 unspecified atom stereocenters. The minimum Gasteiger partial charge on any atom is -0.303 e. The number of piperidine rings is 2. The third kappa shape index (κ3) is 2.38. The van der Waals surface area contributed by atoms with Gasteiger partial charge in [-0.2, -0.15) is 0 Å². The van der Waals surface area contributed by atoms with Gasteiger partial charge in [-0.05, 0) is 44.1 Å². The van der Waals surface area contributed by atoms with E-state index in [-0.39, 0.29) is 0 Å². The van der Waals surface area contributed by atoms with Crippen molar-refractivity contribution in [1.82, 2.24) is 4.90 Å². The predicted octanol–water partition coefficient (Wildman–Crippen LogP) is 3.93. The first kappa shape index (κ1) is 13.0. The van der Waals surface area contributed by atoms with Crippen molar-refractivity contribution in [3.8, 4) is 0 Å². The summed E-state index contributed by atoms with van der Waals surface area (Å²) in [5.74, 6) is 0.927. The zero-order valence-corrected chi connectivity index (χ0v) is 11.3. The summed E-state index contributed by atoms with van der Waals surface area (Å²) in [6.45, 7) is 10.2. The number of hydrogen-bond acceptors (Lipinski definition) is 1. The van der Waals surface area contributed by atoms with Crippen molar-refractivity contribution < 1.29 is 0 Å². The lowest BCUT2D eigenvalue weighted by atomic mass is 9.61. The van der Waals surface area contributed by atoms with Crippen molar-refractivity contribution in [3.63, 3.8) is 0 Å². The van der Waals surface area contributed by atoms with Crippen LogP contribution in [0, 0.1) is 11.3 Å². The van der Waals surface area contributed by atoms with Crippen molar-refractivity contribution in [1.29, 1.82) is 0 Å². The van der Waals surface area contributed by atoms with E-state index in [0.717, 1.165) is 12.0 Å². The van der Waals surface area contributed by atoms with Crippen LogP contribution in [0.4, 0.5) is 0 Å². The number of nitrogens with zero attached hydrogens (tertiary/aromatic N) is 1. The summed E-state index contributed by atoms with van der Waals surface area (Å²) in [6.07, 6.45) is 7.27. The largest absolute Gasteiger partial charge is 0.303 e. The molecule has 1 atom stereocenters. The fourth-order valence-electron chi connectivity index (χ4n) is 3.48. The zero-order chi connectivity index (χ0) is 11.5. The Morgan fingerprint density at radius 1 is 1.27 bits per heavy atom. The molecule has 90 valence electrons. The Bertz CT molecular complexity index is 180. The van der Waals surface area contributed by atoms with Gasteiger partial charge in [0.2, 0.25) is 0 Å². The van der Waals surface area contributed by atoms with Gasteiger partial charge in [0.05, 0.1) is 0 Å². The third-order valence-corrected chi connectivity index (χ3v) is 4.80. The highest BCUT2D eigenvalue weighted by molar-refractivity contribution is 4.98. The van der Waals surface area contributed by atoms with Crippen LogP contribution >= 0.6 is 0 Å². The molecule has 0 amide bonds. The lowest BCUT2D eigenvalue weighted by Gasteiger charge is -2.54. The Hall–Kier alpha value is -0.0400. The smallest absolute Gasteiger partial charge is 0.00928 e. The molecule has 0 aromatic carbocycles. The summed E-state index contributed by atoms with van der Waals surface area (Å²) in [6, 6.07) is 0.922. The van der Waals surface area contributed by atoms with Gasteiger partial charge >= 0.3 is 0 Å². The second kappa shape index (κ2) is 5.34. The Morgan fingerprint density at radius 2 is 1.80 bits per heavy atom. The minimum atomic E-state index is 0.693. The molecular weight excluding hydrogens is 182 g/mol. The van der Waals surface area contributed by atoms with Crippen molar-refractivity contribution in [3.05, 3.63) is 0 Å². The van der Waals surface area contributed by atoms with Crippen molar-refractivity contribution in [2.45, 2.75) is 65.8 Å². The van der Waals surface area contributed by atoms with E-state index in [0.29, 0.717) is 5.41 Å². The molecule has 2 saturated heterocycles. The van der Waals surface area contributed by atoms with E-state index in [2.05, 4.69) is 25.8 Å². The number of hydrogen-bond donors (Lipinski definition) is 0. The Labute approximate surface area is 96.2 Å². The fourth-order valence-corrected chi connectivity index (χ4v) is 3.48. The first-order valence-electron chi connectivity index (χ1n) is 6.88. The molecule has 3 rings (SSSR count). The summed E-state index contributed by atoms with van der Waals surface area (Å²) in [7, 11) is 2.32. The predicted molar refractivity (Wildman–Crippen MR) is 68.1 cm³/mol. The van der Waals surface area contributed by atoms with Gasteiger partial charge in [0.1, 0.15) is 0 Å². The molecule has 1 heteroatoms.